The van der Waals surface area contributed by atoms with Gasteiger partial charge in [0.15, 0.2) is 11.0 Å². The number of hydrogen-bond acceptors (Lipinski definition) is 7. The second-order valence-electron chi connectivity index (χ2n) is 8.05. The third-order valence-electron chi connectivity index (χ3n) is 5.95. The van der Waals surface area contributed by atoms with E-state index in [1.165, 1.54) is 17.4 Å². The number of piperazine rings is 1. The van der Waals surface area contributed by atoms with Crippen LogP contribution in [-0.4, -0.2) is 70.5 Å². The monoisotopic (exact) mass is 494 g/mol. The van der Waals surface area contributed by atoms with Gasteiger partial charge in [-0.05, 0) is 43.3 Å². The third kappa shape index (κ3) is 6.13. The van der Waals surface area contributed by atoms with E-state index in [0.717, 1.165) is 13.1 Å². The Morgan fingerprint density at radius 3 is 2.37 bits per heavy atom. The highest BCUT2D eigenvalue weighted by Gasteiger charge is 2.22. The number of ether oxygens (including phenoxy) is 1. The van der Waals surface area contributed by atoms with E-state index in [0.29, 0.717) is 47.7 Å². The van der Waals surface area contributed by atoms with Crippen molar-refractivity contribution in [3.8, 4) is 5.75 Å². The topological polar surface area (TPSA) is 92.6 Å². The Bertz CT molecular complexity index is 1130. The molecule has 1 N–H and O–H groups in total. The summed E-state index contributed by atoms with van der Waals surface area (Å²) in [5.41, 5.74) is 1.73. The Morgan fingerprint density at radius 1 is 1.00 bits per heavy atom. The molecule has 3 aromatic rings. The summed E-state index contributed by atoms with van der Waals surface area (Å²) in [4.78, 5) is 29.5. The van der Waals surface area contributed by atoms with Crippen molar-refractivity contribution >= 4 is 29.3 Å². The number of methoxy groups -OCH3 is 1. The number of para-hydroxylation sites is 1. The summed E-state index contributed by atoms with van der Waals surface area (Å²) in [5.74, 6) is 1.56. The highest BCUT2D eigenvalue weighted by molar-refractivity contribution is 7.99. The van der Waals surface area contributed by atoms with Crippen molar-refractivity contribution in [2.75, 3.05) is 43.9 Å². The van der Waals surface area contributed by atoms with Crippen LogP contribution in [0.1, 0.15) is 23.1 Å². The SMILES string of the molecule is CCn1c(CNC(=O)c2ccc(OC)cc2)nnc1SCC(=O)N1CCN(c2ccccc2)CC1. The molecule has 0 aliphatic carbocycles. The van der Waals surface area contributed by atoms with Gasteiger partial charge in [-0.15, -0.1) is 10.2 Å². The van der Waals surface area contributed by atoms with Crippen LogP contribution in [0.15, 0.2) is 59.8 Å². The van der Waals surface area contributed by atoms with Crippen LogP contribution in [0.4, 0.5) is 5.69 Å². The van der Waals surface area contributed by atoms with Crippen LogP contribution < -0.4 is 15.0 Å². The van der Waals surface area contributed by atoms with Gasteiger partial charge in [0.25, 0.3) is 5.91 Å². The average molecular weight is 495 g/mol. The van der Waals surface area contributed by atoms with Crippen LogP contribution in [0.3, 0.4) is 0 Å². The molecular weight excluding hydrogens is 464 g/mol. The molecule has 2 heterocycles. The first-order valence-electron chi connectivity index (χ1n) is 11.6. The first-order chi connectivity index (χ1) is 17.1. The van der Waals surface area contributed by atoms with E-state index >= 15 is 0 Å². The molecule has 184 valence electrons. The van der Waals surface area contributed by atoms with E-state index in [4.69, 9.17) is 4.74 Å². The molecular formula is C25H30N6O3S. The Morgan fingerprint density at radius 2 is 1.71 bits per heavy atom. The van der Waals surface area contributed by atoms with Crippen molar-refractivity contribution in [1.29, 1.82) is 0 Å². The van der Waals surface area contributed by atoms with Gasteiger partial charge in [0, 0.05) is 44.0 Å². The van der Waals surface area contributed by atoms with Gasteiger partial charge in [0.05, 0.1) is 19.4 Å². The maximum atomic E-state index is 12.8. The van der Waals surface area contributed by atoms with E-state index in [1.807, 2.05) is 34.6 Å². The Hall–Kier alpha value is -3.53. The fourth-order valence-electron chi connectivity index (χ4n) is 3.95. The number of amides is 2. The number of carbonyl (C=O) groups is 2. The van der Waals surface area contributed by atoms with E-state index in [-0.39, 0.29) is 18.4 Å². The standard InChI is InChI=1S/C25H30N6O3S/c1-3-31-22(17-26-24(33)19-9-11-21(34-2)12-10-19)27-28-25(31)35-18-23(32)30-15-13-29(14-16-30)20-7-5-4-6-8-20/h4-12H,3,13-18H2,1-2H3,(H,26,33). The van der Waals surface area contributed by atoms with Crippen LogP contribution >= 0.6 is 11.8 Å². The second-order valence-corrected chi connectivity index (χ2v) is 8.99. The quantitative estimate of drug-likeness (QED) is 0.457. The lowest BCUT2D eigenvalue weighted by Crippen LogP contribution is -2.49. The molecule has 0 spiro atoms. The number of thioether (sulfide) groups is 1. The van der Waals surface area contributed by atoms with Gasteiger partial charge in [-0.25, -0.2) is 0 Å². The summed E-state index contributed by atoms with van der Waals surface area (Å²) in [6.45, 7) is 5.95. The Labute approximate surface area is 209 Å². The number of nitrogens with zero attached hydrogens (tertiary/aromatic N) is 5. The van der Waals surface area contributed by atoms with Crippen LogP contribution in [0.2, 0.25) is 0 Å². The van der Waals surface area contributed by atoms with Crippen LogP contribution in [-0.2, 0) is 17.9 Å². The molecule has 4 rings (SSSR count). The highest BCUT2D eigenvalue weighted by Crippen LogP contribution is 2.20. The van der Waals surface area contributed by atoms with E-state index < -0.39 is 0 Å². The minimum absolute atomic E-state index is 0.0997. The van der Waals surface area contributed by atoms with Gasteiger partial charge in [-0.3, -0.25) is 9.59 Å². The van der Waals surface area contributed by atoms with Crippen molar-refractivity contribution < 1.29 is 14.3 Å². The maximum absolute atomic E-state index is 12.8. The molecule has 1 aromatic heterocycles. The minimum Gasteiger partial charge on any atom is -0.497 e. The zero-order chi connectivity index (χ0) is 24.6. The van der Waals surface area contributed by atoms with Gasteiger partial charge in [-0.2, -0.15) is 0 Å². The largest absolute Gasteiger partial charge is 0.497 e. The number of hydrogen-bond donors (Lipinski definition) is 1. The molecule has 1 saturated heterocycles. The van der Waals surface area contributed by atoms with Crippen molar-refractivity contribution in [2.45, 2.75) is 25.2 Å². The molecule has 1 fully saturated rings. The molecule has 10 heteroatoms. The third-order valence-corrected chi connectivity index (χ3v) is 6.90. The van der Waals surface area contributed by atoms with Gasteiger partial charge in [-0.1, -0.05) is 30.0 Å². The van der Waals surface area contributed by atoms with E-state index in [9.17, 15) is 9.59 Å². The number of rotatable bonds is 9. The summed E-state index contributed by atoms with van der Waals surface area (Å²) < 4.78 is 7.06. The van der Waals surface area contributed by atoms with Crippen molar-refractivity contribution in [2.24, 2.45) is 0 Å². The van der Waals surface area contributed by atoms with Crippen LogP contribution in [0.25, 0.3) is 0 Å². The van der Waals surface area contributed by atoms with Crippen LogP contribution in [0, 0.1) is 0 Å². The number of carbonyl (C=O) groups excluding carboxylic acids is 2. The smallest absolute Gasteiger partial charge is 0.251 e. The minimum atomic E-state index is -0.197. The van der Waals surface area contributed by atoms with Gasteiger partial charge >= 0.3 is 0 Å². The molecule has 0 saturated carbocycles. The number of nitrogens with one attached hydrogen (secondary N) is 1. The fraction of sp³-hybridized carbons (Fsp3) is 0.360. The maximum Gasteiger partial charge on any atom is 0.251 e. The molecule has 0 bridgehead atoms. The fourth-order valence-corrected chi connectivity index (χ4v) is 4.87. The number of aromatic nitrogens is 3. The molecule has 9 nitrogen and oxygen atoms in total. The Kier molecular flexibility index (Phi) is 8.25. The van der Waals surface area contributed by atoms with Crippen molar-refractivity contribution in [3.05, 3.63) is 66.0 Å². The predicted molar refractivity (Wildman–Crippen MR) is 136 cm³/mol. The molecule has 0 atom stereocenters. The molecule has 1 aliphatic heterocycles. The summed E-state index contributed by atoms with van der Waals surface area (Å²) >= 11 is 1.38. The lowest BCUT2D eigenvalue weighted by molar-refractivity contribution is -0.128. The lowest BCUT2D eigenvalue weighted by atomic mass is 10.2. The van der Waals surface area contributed by atoms with Gasteiger partial charge in [0.1, 0.15) is 5.75 Å². The normalized spacial score (nSPS) is 13.5. The Balaban J connectivity index is 1.27. The predicted octanol–water partition coefficient (Wildman–Crippen LogP) is 2.68. The molecule has 0 radical (unpaired) electrons. The summed E-state index contributed by atoms with van der Waals surface area (Å²) in [5, 5.41) is 12.1. The average Bonchev–Trinajstić information content (AvgIpc) is 3.32. The van der Waals surface area contributed by atoms with E-state index in [1.54, 1.807) is 31.4 Å². The number of benzene rings is 2. The van der Waals surface area contributed by atoms with Crippen molar-refractivity contribution in [1.82, 2.24) is 25.0 Å². The molecule has 2 aromatic carbocycles. The number of anilines is 1. The molecule has 1 aliphatic rings. The molecule has 35 heavy (non-hydrogen) atoms. The first-order valence-corrected chi connectivity index (χ1v) is 12.6. The highest BCUT2D eigenvalue weighted by atomic mass is 32.2. The summed E-state index contributed by atoms with van der Waals surface area (Å²) in [6.07, 6.45) is 0. The van der Waals surface area contributed by atoms with Gasteiger partial charge in [0.2, 0.25) is 5.91 Å². The van der Waals surface area contributed by atoms with Crippen molar-refractivity contribution in [3.63, 3.8) is 0 Å². The van der Waals surface area contributed by atoms with Crippen LogP contribution in [0.5, 0.6) is 5.75 Å². The molecule has 0 unspecified atom stereocenters. The lowest BCUT2D eigenvalue weighted by Gasteiger charge is -2.36. The zero-order valence-corrected chi connectivity index (χ0v) is 20.8. The second kappa shape index (κ2) is 11.7. The summed E-state index contributed by atoms with van der Waals surface area (Å²) in [6, 6.07) is 17.2. The van der Waals surface area contributed by atoms with Gasteiger partial charge < -0.3 is 24.4 Å². The molecule has 2 amide bonds. The summed E-state index contributed by atoms with van der Waals surface area (Å²) in [7, 11) is 1.59. The first kappa shape index (κ1) is 24.6. The van der Waals surface area contributed by atoms with E-state index in [2.05, 4.69) is 32.5 Å². The zero-order valence-electron chi connectivity index (χ0n) is 20.0.